The van der Waals surface area contributed by atoms with Gasteiger partial charge in [-0.3, -0.25) is 18.5 Å². The molecule has 0 spiro atoms. The van der Waals surface area contributed by atoms with Gasteiger partial charge in [0.05, 0.1) is 12.8 Å². The molecule has 9 nitrogen and oxygen atoms in total. The number of aromatic amines is 1. The highest BCUT2D eigenvalue weighted by atomic mass is 35.5. The van der Waals surface area contributed by atoms with Gasteiger partial charge in [0.1, 0.15) is 0 Å². The van der Waals surface area contributed by atoms with E-state index < -0.39 is 11.2 Å². The summed E-state index contributed by atoms with van der Waals surface area (Å²) in [6, 6.07) is 15.2. The molecule has 0 saturated heterocycles. The van der Waals surface area contributed by atoms with Crippen LogP contribution in [0.4, 0.5) is 5.95 Å². The van der Waals surface area contributed by atoms with Crippen LogP contribution in [0.3, 0.4) is 0 Å². The zero-order chi connectivity index (χ0) is 23.1. The van der Waals surface area contributed by atoms with Gasteiger partial charge in [-0.1, -0.05) is 41.9 Å². The summed E-state index contributed by atoms with van der Waals surface area (Å²) in [5, 5.41) is 6.01. The lowest BCUT2D eigenvalue weighted by atomic mass is 10.2. The number of para-hydroxylation sites is 1. The Morgan fingerprint density at radius 2 is 1.85 bits per heavy atom. The van der Waals surface area contributed by atoms with Gasteiger partial charge in [-0.2, -0.15) is 10.1 Å². The lowest BCUT2D eigenvalue weighted by molar-refractivity contribution is 0.702. The third-order valence-electron chi connectivity index (χ3n) is 5.59. The van der Waals surface area contributed by atoms with Crippen molar-refractivity contribution in [3.05, 3.63) is 91.7 Å². The number of anilines is 1. The number of hydrazone groups is 1. The molecule has 3 aromatic heterocycles. The average Bonchev–Trinajstić information content (AvgIpc) is 3.40. The molecule has 0 aliphatic rings. The number of hydrogen-bond donors (Lipinski definition) is 2. The highest BCUT2D eigenvalue weighted by Gasteiger charge is 2.19. The Morgan fingerprint density at radius 3 is 2.64 bits per heavy atom. The maximum atomic E-state index is 13.0. The van der Waals surface area contributed by atoms with Crippen molar-refractivity contribution in [3.8, 4) is 0 Å². The number of rotatable bonds is 5. The van der Waals surface area contributed by atoms with Gasteiger partial charge in [0.25, 0.3) is 5.56 Å². The quantitative estimate of drug-likeness (QED) is 0.310. The maximum absolute atomic E-state index is 13.0. The largest absolute Gasteiger partial charge is 0.361 e. The van der Waals surface area contributed by atoms with Gasteiger partial charge in [-0.15, -0.1) is 0 Å². The molecule has 3 heterocycles. The molecule has 0 bridgehead atoms. The van der Waals surface area contributed by atoms with Gasteiger partial charge < -0.3 is 4.98 Å². The predicted octanol–water partition coefficient (Wildman–Crippen LogP) is 3.06. The predicted molar refractivity (Wildman–Crippen MR) is 130 cm³/mol. The summed E-state index contributed by atoms with van der Waals surface area (Å²) in [7, 11) is 3.04. The Hall–Kier alpha value is -4.11. The fourth-order valence-corrected chi connectivity index (χ4v) is 3.94. The molecule has 0 aliphatic carbocycles. The van der Waals surface area contributed by atoms with E-state index in [0.717, 1.165) is 26.6 Å². The van der Waals surface area contributed by atoms with Crippen LogP contribution in [0, 0.1) is 0 Å². The zero-order valence-corrected chi connectivity index (χ0v) is 18.7. The minimum atomic E-state index is -0.447. The number of hydrogen-bond acceptors (Lipinski definition) is 5. The van der Waals surface area contributed by atoms with Crippen molar-refractivity contribution in [1.82, 2.24) is 23.7 Å². The molecule has 2 aromatic carbocycles. The van der Waals surface area contributed by atoms with Crippen LogP contribution in [-0.4, -0.2) is 29.9 Å². The number of aryl methyl sites for hydroxylation is 1. The molecule has 5 aromatic rings. The van der Waals surface area contributed by atoms with E-state index in [1.807, 2.05) is 42.6 Å². The molecular weight excluding hydrogens is 442 g/mol. The molecule has 166 valence electrons. The summed E-state index contributed by atoms with van der Waals surface area (Å²) in [5.41, 5.74) is 5.48. The Kier molecular flexibility index (Phi) is 5.10. The third kappa shape index (κ3) is 3.62. The molecule has 5 rings (SSSR count). The summed E-state index contributed by atoms with van der Waals surface area (Å²) >= 11 is 6.02. The van der Waals surface area contributed by atoms with E-state index in [4.69, 9.17) is 11.6 Å². The van der Waals surface area contributed by atoms with Crippen molar-refractivity contribution < 1.29 is 0 Å². The van der Waals surface area contributed by atoms with Gasteiger partial charge in [-0.05, 0) is 23.8 Å². The molecule has 0 fully saturated rings. The standard InChI is InChI=1S/C23H20ClN7O2/c1-29-20-19(21(32)30(2)23(29)33)31(13-14-7-9-16(24)10-8-14)22(27-20)28-26-12-15-11-25-18-6-4-3-5-17(15)18/h3-12,25H,13H2,1-2H3,(H,27,28)/b26-12+. The normalized spacial score (nSPS) is 11.7. The van der Waals surface area contributed by atoms with Gasteiger partial charge in [0.2, 0.25) is 5.95 Å². The van der Waals surface area contributed by atoms with Crippen LogP contribution in [0.15, 0.2) is 69.4 Å². The minimum absolute atomic E-state index is 0.279. The van der Waals surface area contributed by atoms with E-state index in [1.165, 1.54) is 11.6 Å². The molecule has 0 aliphatic heterocycles. The van der Waals surface area contributed by atoms with E-state index >= 15 is 0 Å². The highest BCUT2D eigenvalue weighted by Crippen LogP contribution is 2.20. The highest BCUT2D eigenvalue weighted by molar-refractivity contribution is 6.30. The maximum Gasteiger partial charge on any atom is 0.332 e. The number of halogens is 1. The molecule has 10 heteroatoms. The summed E-state index contributed by atoms with van der Waals surface area (Å²) in [5.74, 6) is 0.342. The van der Waals surface area contributed by atoms with E-state index in [-0.39, 0.29) is 5.65 Å². The minimum Gasteiger partial charge on any atom is -0.361 e. The molecule has 0 unspecified atom stereocenters. The Morgan fingerprint density at radius 1 is 1.09 bits per heavy atom. The number of nitrogens with zero attached hydrogens (tertiary/aromatic N) is 5. The molecular formula is C23H20ClN7O2. The van der Waals surface area contributed by atoms with Crippen molar-refractivity contribution in [2.24, 2.45) is 19.2 Å². The van der Waals surface area contributed by atoms with E-state index in [1.54, 1.807) is 30.0 Å². The van der Waals surface area contributed by atoms with Crippen LogP contribution in [0.5, 0.6) is 0 Å². The molecule has 33 heavy (non-hydrogen) atoms. The lowest BCUT2D eigenvalue weighted by Crippen LogP contribution is -2.37. The van der Waals surface area contributed by atoms with Crippen LogP contribution >= 0.6 is 11.6 Å². The van der Waals surface area contributed by atoms with Crippen molar-refractivity contribution >= 4 is 45.8 Å². The topological polar surface area (TPSA) is 102 Å². The first-order chi connectivity index (χ1) is 15.9. The van der Waals surface area contributed by atoms with E-state index in [9.17, 15) is 9.59 Å². The molecule has 2 N–H and O–H groups in total. The fraction of sp³-hybridized carbons (Fsp3) is 0.130. The van der Waals surface area contributed by atoms with Gasteiger partial charge in [0.15, 0.2) is 11.2 Å². The SMILES string of the molecule is Cn1c(=O)c2c(nc(N/N=C/c3c[nH]c4ccccc34)n2Cc2ccc(Cl)cc2)n(C)c1=O. The number of benzene rings is 2. The molecule has 0 atom stereocenters. The van der Waals surface area contributed by atoms with Crippen molar-refractivity contribution in [3.63, 3.8) is 0 Å². The van der Waals surface area contributed by atoms with Crippen LogP contribution in [0.2, 0.25) is 5.02 Å². The van der Waals surface area contributed by atoms with Crippen molar-refractivity contribution in [2.45, 2.75) is 6.54 Å². The van der Waals surface area contributed by atoms with Crippen molar-refractivity contribution in [1.29, 1.82) is 0 Å². The Balaban J connectivity index is 1.60. The van der Waals surface area contributed by atoms with Gasteiger partial charge in [-0.25, -0.2) is 10.2 Å². The second kappa shape index (κ2) is 8.10. The number of aromatic nitrogens is 5. The van der Waals surface area contributed by atoms with Crippen LogP contribution in [-0.2, 0) is 20.6 Å². The summed E-state index contributed by atoms with van der Waals surface area (Å²) < 4.78 is 4.14. The van der Waals surface area contributed by atoms with Crippen LogP contribution in [0.25, 0.3) is 22.1 Å². The smallest absolute Gasteiger partial charge is 0.332 e. The van der Waals surface area contributed by atoms with Crippen LogP contribution in [0.1, 0.15) is 11.1 Å². The first-order valence-corrected chi connectivity index (χ1v) is 10.6. The van der Waals surface area contributed by atoms with Crippen LogP contribution < -0.4 is 16.7 Å². The Bertz CT molecular complexity index is 1640. The number of nitrogens with one attached hydrogen (secondary N) is 2. The molecule has 0 radical (unpaired) electrons. The first kappa shape index (κ1) is 20.8. The fourth-order valence-electron chi connectivity index (χ4n) is 3.82. The first-order valence-electron chi connectivity index (χ1n) is 10.2. The number of fused-ring (bicyclic) bond motifs is 2. The van der Waals surface area contributed by atoms with Gasteiger partial charge in [0, 0.05) is 41.8 Å². The average molecular weight is 462 g/mol. The summed E-state index contributed by atoms with van der Waals surface area (Å²) in [4.78, 5) is 33.1. The number of H-pyrrole nitrogens is 1. The second-order valence-corrected chi connectivity index (χ2v) is 8.12. The third-order valence-corrected chi connectivity index (χ3v) is 5.84. The second-order valence-electron chi connectivity index (χ2n) is 7.69. The lowest BCUT2D eigenvalue weighted by Gasteiger charge is -2.09. The number of imidazole rings is 1. The monoisotopic (exact) mass is 461 g/mol. The molecule has 0 amide bonds. The van der Waals surface area contributed by atoms with E-state index in [2.05, 4.69) is 20.5 Å². The summed E-state index contributed by atoms with van der Waals surface area (Å²) in [6.07, 6.45) is 3.55. The summed E-state index contributed by atoms with van der Waals surface area (Å²) in [6.45, 7) is 0.339. The Labute approximate surface area is 192 Å². The van der Waals surface area contributed by atoms with E-state index in [0.29, 0.717) is 23.0 Å². The van der Waals surface area contributed by atoms with Gasteiger partial charge >= 0.3 is 5.69 Å². The molecule has 0 saturated carbocycles. The zero-order valence-electron chi connectivity index (χ0n) is 17.9. The van der Waals surface area contributed by atoms with Crippen molar-refractivity contribution in [2.75, 3.05) is 5.43 Å².